The molecular formula is C24H29F5N3O2+. The summed E-state index contributed by atoms with van der Waals surface area (Å²) in [6, 6.07) is 7.69. The van der Waals surface area contributed by atoms with Crippen molar-refractivity contribution in [1.82, 2.24) is 9.47 Å². The summed E-state index contributed by atoms with van der Waals surface area (Å²) in [6.07, 6.45) is -4.60. The quantitative estimate of drug-likeness (QED) is 0.485. The molecule has 1 aromatic carbocycles. The van der Waals surface area contributed by atoms with Gasteiger partial charge in [0.1, 0.15) is 0 Å². The first-order valence-electron chi connectivity index (χ1n) is 10.9. The van der Waals surface area contributed by atoms with Crippen molar-refractivity contribution in [3.8, 4) is 0 Å². The van der Waals surface area contributed by atoms with E-state index in [0.717, 1.165) is 12.1 Å². The third-order valence-corrected chi connectivity index (χ3v) is 5.68. The summed E-state index contributed by atoms with van der Waals surface area (Å²) in [5.74, 6) is -3.76. The van der Waals surface area contributed by atoms with Crippen LogP contribution in [0, 0.1) is 19.1 Å². The zero-order chi connectivity index (χ0) is 25.3. The van der Waals surface area contributed by atoms with E-state index in [-0.39, 0.29) is 11.3 Å². The highest BCUT2D eigenvalue weighted by Crippen LogP contribution is 2.32. The summed E-state index contributed by atoms with van der Waals surface area (Å²) in [7, 11) is 0. The standard InChI is InChI=1S/C24H28F5N3O2/c1-16-19(21(33)30-18-7-5-6-17(12-18)24(27,28)29)13-20(22(2,3)4)32(16)15-23(25,26)14-31-8-10-34-11-9-31/h6,12-13H,8-11,14-15H2,1-4H3,(H,30,33)/p+1. The second-order valence-electron chi connectivity index (χ2n) is 9.55. The van der Waals surface area contributed by atoms with Crippen molar-refractivity contribution in [3.05, 3.63) is 52.8 Å². The summed E-state index contributed by atoms with van der Waals surface area (Å²) >= 11 is 0. The fourth-order valence-electron chi connectivity index (χ4n) is 3.96. The molecule has 1 aliphatic rings. The number of carbonyl (C=O) groups is 1. The third kappa shape index (κ3) is 6.27. The number of hydrogen-bond acceptors (Lipinski definition) is 2. The number of anilines is 1. The van der Waals surface area contributed by atoms with E-state index >= 15 is 8.78 Å². The van der Waals surface area contributed by atoms with E-state index in [9.17, 15) is 18.0 Å². The topological polar surface area (TPSA) is 50.1 Å². The lowest BCUT2D eigenvalue weighted by Gasteiger charge is -2.30. The number of nitrogens with zero attached hydrogens (tertiary/aromatic N) is 2. The molecule has 0 unspecified atom stereocenters. The van der Waals surface area contributed by atoms with E-state index in [1.165, 1.54) is 10.6 Å². The Morgan fingerprint density at radius 2 is 1.74 bits per heavy atom. The van der Waals surface area contributed by atoms with Gasteiger partial charge in [-0.2, -0.15) is 13.2 Å². The molecule has 1 saturated heterocycles. The molecule has 0 aliphatic carbocycles. The van der Waals surface area contributed by atoms with Crippen LogP contribution in [0.25, 0.3) is 0 Å². The predicted octanol–water partition coefficient (Wildman–Crippen LogP) is 4.44. The number of alkyl halides is 5. The number of aromatic nitrogens is 1. The molecule has 2 aromatic rings. The largest absolute Gasteiger partial charge is 0.432 e. The molecule has 5 nitrogen and oxygen atoms in total. The summed E-state index contributed by atoms with van der Waals surface area (Å²) in [4.78, 5) is 14.6. The van der Waals surface area contributed by atoms with Crippen LogP contribution in [-0.2, 0) is 18.1 Å². The third-order valence-electron chi connectivity index (χ3n) is 5.68. The van der Waals surface area contributed by atoms with Crippen molar-refractivity contribution in [2.24, 2.45) is 0 Å². The molecule has 2 N–H and O–H groups in total. The van der Waals surface area contributed by atoms with Crippen LogP contribution < -0.4 is 5.32 Å². The molecular weight excluding hydrogens is 457 g/mol. The summed E-state index contributed by atoms with van der Waals surface area (Å²) in [6.45, 7) is 8.08. The molecule has 1 aromatic heterocycles. The Labute approximate surface area is 195 Å². The van der Waals surface area contributed by atoms with Gasteiger partial charge >= 0.3 is 6.18 Å². The van der Waals surface area contributed by atoms with Crippen LogP contribution in [-0.4, -0.2) is 58.9 Å². The lowest BCUT2D eigenvalue weighted by molar-refractivity contribution is -0.137. The maximum Gasteiger partial charge on any atom is 0.417 e. The van der Waals surface area contributed by atoms with E-state index < -0.39 is 42.1 Å². The minimum absolute atomic E-state index is 0.114. The van der Waals surface area contributed by atoms with Crippen LogP contribution >= 0.6 is 0 Å². The molecule has 0 atom stereocenters. The SMILES string of the molecule is Cc1c(C(=O)Nc2c#ccc(C(F)(F)F)c2)cc(C(C)(C)C)n1CC(F)(F)CN1CC[OH+]CC1. The Bertz CT molecular complexity index is 1020. The van der Waals surface area contributed by atoms with Gasteiger partial charge in [0.25, 0.3) is 11.8 Å². The van der Waals surface area contributed by atoms with Crippen molar-refractivity contribution in [1.29, 1.82) is 0 Å². The van der Waals surface area contributed by atoms with E-state index in [4.69, 9.17) is 0 Å². The zero-order valence-corrected chi connectivity index (χ0v) is 19.6. The monoisotopic (exact) mass is 486 g/mol. The van der Waals surface area contributed by atoms with Gasteiger partial charge in [0, 0.05) is 22.9 Å². The van der Waals surface area contributed by atoms with E-state index in [1.54, 1.807) is 11.8 Å². The van der Waals surface area contributed by atoms with Crippen LogP contribution in [0.5, 0.6) is 0 Å². The summed E-state index contributed by atoms with van der Waals surface area (Å²) in [5.41, 5.74) is -0.779. The first kappa shape index (κ1) is 26.0. The number of nitrogens with one attached hydrogen (secondary N) is 1. The average Bonchev–Trinajstić information content (AvgIpc) is 3.04. The van der Waals surface area contributed by atoms with Gasteiger partial charge in [-0.25, -0.2) is 8.78 Å². The lowest BCUT2D eigenvalue weighted by Crippen LogP contribution is -2.46. The Morgan fingerprint density at radius 1 is 1.09 bits per heavy atom. The first-order valence-corrected chi connectivity index (χ1v) is 10.9. The summed E-state index contributed by atoms with van der Waals surface area (Å²) in [5, 5.41) is 2.39. The normalized spacial score (nSPS) is 15.8. The van der Waals surface area contributed by atoms with E-state index in [1.807, 2.05) is 20.8 Å². The average molecular weight is 487 g/mol. The number of carbonyl (C=O) groups excluding carboxylic acids is 1. The lowest BCUT2D eigenvalue weighted by atomic mass is 9.91. The van der Waals surface area contributed by atoms with Gasteiger partial charge in [0.15, 0.2) is 13.2 Å². The van der Waals surface area contributed by atoms with Gasteiger partial charge < -0.3 is 14.6 Å². The van der Waals surface area contributed by atoms with Crippen LogP contribution in [0.2, 0.25) is 0 Å². The van der Waals surface area contributed by atoms with Crippen LogP contribution in [0.3, 0.4) is 0 Å². The number of aliphatic hydroxyl groups is 2. The Balaban J connectivity index is 1.87. The molecule has 0 radical (unpaired) electrons. The van der Waals surface area contributed by atoms with Gasteiger partial charge in [-0.15, -0.1) is 0 Å². The van der Waals surface area contributed by atoms with Crippen molar-refractivity contribution in [3.63, 3.8) is 0 Å². The minimum atomic E-state index is -4.60. The maximum atomic E-state index is 15.0. The molecule has 34 heavy (non-hydrogen) atoms. The second kappa shape index (κ2) is 9.55. The molecule has 1 aliphatic heterocycles. The molecule has 10 heteroatoms. The Morgan fingerprint density at radius 3 is 2.32 bits per heavy atom. The van der Waals surface area contributed by atoms with Gasteiger partial charge in [0.2, 0.25) is 0 Å². The molecule has 1 fully saturated rings. The number of halogens is 5. The molecule has 3 rings (SSSR count). The number of rotatable bonds is 6. The van der Waals surface area contributed by atoms with Gasteiger partial charge in [-0.3, -0.25) is 9.69 Å². The smallest absolute Gasteiger partial charge is 0.417 e. The Kier molecular flexibility index (Phi) is 7.29. The molecule has 0 spiro atoms. The second-order valence-corrected chi connectivity index (χ2v) is 9.55. The predicted molar refractivity (Wildman–Crippen MR) is 118 cm³/mol. The number of morpholine rings is 1. The van der Waals surface area contributed by atoms with Crippen molar-refractivity contribution in [2.45, 2.75) is 51.8 Å². The van der Waals surface area contributed by atoms with Crippen LogP contribution in [0.4, 0.5) is 27.6 Å². The van der Waals surface area contributed by atoms with E-state index in [0.29, 0.717) is 37.7 Å². The van der Waals surface area contributed by atoms with Crippen molar-refractivity contribution < 1.29 is 31.5 Å². The summed E-state index contributed by atoms with van der Waals surface area (Å²) < 4.78 is 74.6. The zero-order valence-electron chi connectivity index (χ0n) is 19.6. The molecule has 186 valence electrons. The van der Waals surface area contributed by atoms with Gasteiger partial charge in [0.05, 0.1) is 43.0 Å². The van der Waals surface area contributed by atoms with Crippen LogP contribution in [0.1, 0.15) is 48.1 Å². The van der Waals surface area contributed by atoms with Gasteiger partial charge in [-0.1, -0.05) is 26.8 Å². The molecule has 0 bridgehead atoms. The van der Waals surface area contributed by atoms with Gasteiger partial charge in [-0.05, 0) is 25.1 Å². The highest BCUT2D eigenvalue weighted by molar-refractivity contribution is 6.05. The number of ether oxygens (including phenoxy) is 1. The van der Waals surface area contributed by atoms with Crippen molar-refractivity contribution >= 4 is 11.6 Å². The van der Waals surface area contributed by atoms with E-state index in [2.05, 4.69) is 22.2 Å². The maximum absolute atomic E-state index is 15.0. The molecule has 2 heterocycles. The highest BCUT2D eigenvalue weighted by Gasteiger charge is 2.37. The first-order chi connectivity index (χ1) is 15.7. The number of hydrogen-bond donors (Lipinski definition) is 1. The molecule has 1 amide bonds. The highest BCUT2D eigenvalue weighted by atomic mass is 19.4. The van der Waals surface area contributed by atoms with Crippen LogP contribution in [0.15, 0.2) is 18.2 Å². The fraction of sp³-hybridized carbons (Fsp3) is 0.542. The Hall–Kier alpha value is -2.64. The fourth-order valence-corrected chi connectivity index (χ4v) is 3.96. The minimum Gasteiger partial charge on any atom is -0.432 e. The van der Waals surface area contributed by atoms with Crippen molar-refractivity contribution in [2.75, 3.05) is 38.2 Å². The molecule has 0 saturated carbocycles. The number of amides is 1.